The minimum absolute atomic E-state index is 0.241. The Balaban J connectivity index is 2.02. The van der Waals surface area contributed by atoms with Crippen molar-refractivity contribution in [3.05, 3.63) is 33.4 Å². The summed E-state index contributed by atoms with van der Waals surface area (Å²) in [5.41, 5.74) is 7.21. The topological polar surface area (TPSA) is 46.2 Å². The quantitative estimate of drug-likeness (QED) is 0.827. The van der Waals surface area contributed by atoms with Gasteiger partial charge in [-0.25, -0.2) is 0 Å². The van der Waals surface area contributed by atoms with Crippen LogP contribution >= 0.6 is 22.6 Å². The SMILES string of the molecule is N[C@@H](c1ccc(I)cc1)[C@H](O)C1CCCCC1. The second-order valence-electron chi connectivity index (χ2n) is 4.97. The van der Waals surface area contributed by atoms with Gasteiger partial charge in [-0.1, -0.05) is 31.4 Å². The lowest BCUT2D eigenvalue weighted by Gasteiger charge is -2.30. The fourth-order valence-electron chi connectivity index (χ4n) is 2.65. The Hall–Kier alpha value is -0.130. The van der Waals surface area contributed by atoms with E-state index in [9.17, 15) is 5.11 Å². The predicted molar refractivity (Wildman–Crippen MR) is 78.7 cm³/mol. The zero-order chi connectivity index (χ0) is 12.3. The molecule has 0 unspecified atom stereocenters. The number of aliphatic hydroxyl groups excluding tert-OH is 1. The molecule has 0 spiro atoms. The number of aliphatic hydroxyl groups is 1. The highest BCUT2D eigenvalue weighted by Gasteiger charge is 2.27. The van der Waals surface area contributed by atoms with Crippen LogP contribution in [0.4, 0.5) is 0 Å². The summed E-state index contributed by atoms with van der Waals surface area (Å²) < 4.78 is 1.20. The first-order valence-corrected chi connectivity index (χ1v) is 7.45. The molecule has 1 aromatic carbocycles. The van der Waals surface area contributed by atoms with Crippen LogP contribution in [-0.4, -0.2) is 11.2 Å². The fraction of sp³-hybridized carbons (Fsp3) is 0.571. The molecule has 2 nitrogen and oxygen atoms in total. The molecule has 1 aliphatic rings. The van der Waals surface area contributed by atoms with E-state index in [2.05, 4.69) is 22.6 Å². The predicted octanol–water partition coefficient (Wildman–Crippen LogP) is 3.23. The number of rotatable bonds is 3. The summed E-state index contributed by atoms with van der Waals surface area (Å²) in [6.45, 7) is 0. The van der Waals surface area contributed by atoms with Crippen LogP contribution in [0, 0.1) is 9.49 Å². The average molecular weight is 345 g/mol. The van der Waals surface area contributed by atoms with E-state index in [0.717, 1.165) is 18.4 Å². The Labute approximate surface area is 117 Å². The zero-order valence-electron chi connectivity index (χ0n) is 9.98. The maximum Gasteiger partial charge on any atom is 0.0760 e. The zero-order valence-corrected chi connectivity index (χ0v) is 12.1. The molecular weight excluding hydrogens is 325 g/mol. The molecule has 1 aliphatic carbocycles. The van der Waals surface area contributed by atoms with E-state index in [1.165, 1.54) is 22.8 Å². The molecule has 2 atom stereocenters. The molecule has 3 N–H and O–H groups in total. The van der Waals surface area contributed by atoms with Crippen molar-refractivity contribution in [2.24, 2.45) is 11.7 Å². The second kappa shape index (κ2) is 6.16. The number of hydrogen-bond donors (Lipinski definition) is 2. The van der Waals surface area contributed by atoms with Gasteiger partial charge in [-0.05, 0) is 59.0 Å². The molecule has 2 rings (SSSR count). The van der Waals surface area contributed by atoms with E-state index < -0.39 is 6.10 Å². The number of benzene rings is 1. The van der Waals surface area contributed by atoms with E-state index >= 15 is 0 Å². The van der Waals surface area contributed by atoms with Gasteiger partial charge in [0.15, 0.2) is 0 Å². The third kappa shape index (κ3) is 3.42. The fourth-order valence-corrected chi connectivity index (χ4v) is 3.01. The lowest BCUT2D eigenvalue weighted by atomic mass is 9.81. The largest absolute Gasteiger partial charge is 0.391 e. The Morgan fingerprint density at radius 2 is 1.71 bits per heavy atom. The van der Waals surface area contributed by atoms with Gasteiger partial charge in [0, 0.05) is 3.57 Å². The summed E-state index contributed by atoms with van der Waals surface area (Å²) in [5, 5.41) is 10.3. The smallest absolute Gasteiger partial charge is 0.0760 e. The summed E-state index contributed by atoms with van der Waals surface area (Å²) in [5.74, 6) is 0.387. The van der Waals surface area contributed by atoms with Gasteiger partial charge in [0.2, 0.25) is 0 Å². The van der Waals surface area contributed by atoms with Crippen molar-refractivity contribution < 1.29 is 5.11 Å². The van der Waals surface area contributed by atoms with E-state index in [1.807, 2.05) is 24.3 Å². The van der Waals surface area contributed by atoms with Crippen LogP contribution in [0.15, 0.2) is 24.3 Å². The summed E-state index contributed by atoms with van der Waals surface area (Å²) in [6, 6.07) is 7.90. The minimum Gasteiger partial charge on any atom is -0.391 e. The molecule has 0 amide bonds. The normalized spacial score (nSPS) is 21.1. The highest BCUT2D eigenvalue weighted by Crippen LogP contribution is 2.31. The first-order valence-electron chi connectivity index (χ1n) is 6.37. The van der Waals surface area contributed by atoms with E-state index in [-0.39, 0.29) is 6.04 Å². The molecule has 0 saturated heterocycles. The molecule has 0 heterocycles. The molecule has 94 valence electrons. The molecule has 1 aromatic rings. The van der Waals surface area contributed by atoms with Crippen molar-refractivity contribution in [2.45, 2.75) is 44.2 Å². The Kier molecular flexibility index (Phi) is 4.82. The average Bonchev–Trinajstić information content (AvgIpc) is 2.39. The van der Waals surface area contributed by atoms with Gasteiger partial charge in [-0.15, -0.1) is 0 Å². The van der Waals surface area contributed by atoms with Crippen molar-refractivity contribution in [1.82, 2.24) is 0 Å². The number of nitrogens with two attached hydrogens (primary N) is 1. The first-order chi connectivity index (χ1) is 8.18. The molecule has 17 heavy (non-hydrogen) atoms. The Bertz CT molecular complexity index is 346. The van der Waals surface area contributed by atoms with Crippen LogP contribution in [0.5, 0.6) is 0 Å². The summed E-state index contributed by atoms with van der Waals surface area (Å²) in [7, 11) is 0. The van der Waals surface area contributed by atoms with Crippen molar-refractivity contribution in [1.29, 1.82) is 0 Å². The Morgan fingerprint density at radius 1 is 1.12 bits per heavy atom. The monoisotopic (exact) mass is 345 g/mol. The standard InChI is InChI=1S/C14H20INO/c15-12-8-6-10(7-9-12)13(16)14(17)11-4-2-1-3-5-11/h6-9,11,13-14,17H,1-5,16H2/t13-,14+/m0/s1. The highest BCUT2D eigenvalue weighted by atomic mass is 127. The molecular formula is C14H20INO. The molecule has 0 aromatic heterocycles. The van der Waals surface area contributed by atoms with Crippen LogP contribution in [0.25, 0.3) is 0 Å². The minimum atomic E-state index is -0.393. The van der Waals surface area contributed by atoms with Crippen molar-refractivity contribution >= 4 is 22.6 Å². The lowest BCUT2D eigenvalue weighted by molar-refractivity contribution is 0.0618. The third-order valence-electron chi connectivity index (χ3n) is 3.76. The number of hydrogen-bond acceptors (Lipinski definition) is 2. The lowest BCUT2D eigenvalue weighted by Crippen LogP contribution is -2.34. The first kappa shape index (κ1) is 13.3. The van der Waals surface area contributed by atoms with Crippen LogP contribution in [0.1, 0.15) is 43.7 Å². The van der Waals surface area contributed by atoms with Crippen molar-refractivity contribution in [3.63, 3.8) is 0 Å². The summed E-state index contributed by atoms with van der Waals surface area (Å²) in [4.78, 5) is 0. The molecule has 1 saturated carbocycles. The third-order valence-corrected chi connectivity index (χ3v) is 4.47. The molecule has 0 radical (unpaired) electrons. The van der Waals surface area contributed by atoms with E-state index in [4.69, 9.17) is 5.73 Å². The highest BCUT2D eigenvalue weighted by molar-refractivity contribution is 14.1. The van der Waals surface area contributed by atoms with Gasteiger partial charge in [-0.2, -0.15) is 0 Å². The summed E-state index contributed by atoms with van der Waals surface area (Å²) >= 11 is 2.28. The van der Waals surface area contributed by atoms with Gasteiger partial charge in [-0.3, -0.25) is 0 Å². The number of halogens is 1. The van der Waals surface area contributed by atoms with Gasteiger partial charge >= 0.3 is 0 Å². The molecule has 0 bridgehead atoms. The van der Waals surface area contributed by atoms with Crippen molar-refractivity contribution in [2.75, 3.05) is 0 Å². The Morgan fingerprint density at radius 3 is 2.29 bits per heavy atom. The summed E-state index contributed by atoms with van der Waals surface area (Å²) in [6.07, 6.45) is 5.64. The van der Waals surface area contributed by atoms with E-state index in [0.29, 0.717) is 5.92 Å². The van der Waals surface area contributed by atoms with Crippen LogP contribution in [-0.2, 0) is 0 Å². The van der Waals surface area contributed by atoms with Gasteiger partial charge in [0.25, 0.3) is 0 Å². The van der Waals surface area contributed by atoms with Crippen LogP contribution in [0.2, 0.25) is 0 Å². The van der Waals surface area contributed by atoms with E-state index in [1.54, 1.807) is 0 Å². The van der Waals surface area contributed by atoms with Gasteiger partial charge in [0.05, 0.1) is 12.1 Å². The molecule has 0 aliphatic heterocycles. The van der Waals surface area contributed by atoms with Gasteiger partial charge < -0.3 is 10.8 Å². The maximum atomic E-state index is 10.3. The second-order valence-corrected chi connectivity index (χ2v) is 6.21. The van der Waals surface area contributed by atoms with Crippen LogP contribution in [0.3, 0.4) is 0 Å². The molecule has 1 fully saturated rings. The molecule has 3 heteroatoms. The van der Waals surface area contributed by atoms with Crippen LogP contribution < -0.4 is 5.73 Å². The van der Waals surface area contributed by atoms with Gasteiger partial charge in [0.1, 0.15) is 0 Å². The van der Waals surface area contributed by atoms with Crippen molar-refractivity contribution in [3.8, 4) is 0 Å². The maximum absolute atomic E-state index is 10.3.